The lowest BCUT2D eigenvalue weighted by Crippen LogP contribution is -2.63. The average molecular weight is 430 g/mol. The van der Waals surface area contributed by atoms with Gasteiger partial charge in [0.15, 0.2) is 12.2 Å². The average Bonchev–Trinajstić information content (AvgIpc) is 3.28. The maximum atomic E-state index is 13.6. The van der Waals surface area contributed by atoms with E-state index < -0.39 is 12.2 Å². The van der Waals surface area contributed by atoms with E-state index in [-0.39, 0.29) is 18.5 Å². The van der Waals surface area contributed by atoms with Gasteiger partial charge in [-0.15, -0.1) is 0 Å². The summed E-state index contributed by atoms with van der Waals surface area (Å²) in [5, 5.41) is 0. The first kappa shape index (κ1) is 20.3. The van der Waals surface area contributed by atoms with Crippen molar-refractivity contribution in [2.45, 2.75) is 46.4 Å². The molecule has 2 unspecified atom stereocenters. The van der Waals surface area contributed by atoms with Crippen LogP contribution in [0.3, 0.4) is 0 Å². The van der Waals surface area contributed by atoms with Crippen molar-refractivity contribution in [3.63, 3.8) is 0 Å². The summed E-state index contributed by atoms with van der Waals surface area (Å²) >= 11 is 0. The molecule has 7 heteroatoms. The quantitative estimate of drug-likeness (QED) is 0.746. The highest BCUT2D eigenvalue weighted by Crippen LogP contribution is 2.38. The number of anilines is 1. The monoisotopic (exact) mass is 429 g/mol. The molecule has 2 atom stereocenters. The molecule has 0 aromatic heterocycles. The minimum absolute atomic E-state index is 0.218. The number of allylic oxidation sites excluding steroid dienone is 1. The van der Waals surface area contributed by atoms with Crippen molar-refractivity contribution in [1.29, 1.82) is 0 Å². The maximum absolute atomic E-state index is 13.6. The fourth-order valence-corrected chi connectivity index (χ4v) is 4.65. The molecule has 0 spiro atoms. The largest absolute Gasteiger partial charge is 0.328 e. The number of fused-ring (bicyclic) bond motifs is 3. The zero-order chi connectivity index (χ0) is 22.7. The van der Waals surface area contributed by atoms with Gasteiger partial charge in [-0.2, -0.15) is 0 Å². The first-order chi connectivity index (χ1) is 15.3. The predicted octanol–water partition coefficient (Wildman–Crippen LogP) is 3.75. The van der Waals surface area contributed by atoms with E-state index in [1.807, 2.05) is 55.3 Å². The second-order valence-electron chi connectivity index (χ2n) is 8.82. The van der Waals surface area contributed by atoms with Gasteiger partial charge in [-0.3, -0.25) is 14.6 Å². The lowest BCUT2D eigenvalue weighted by Gasteiger charge is -2.40. The Morgan fingerprint density at radius 2 is 1.69 bits per heavy atom. The fourth-order valence-electron chi connectivity index (χ4n) is 4.65. The molecule has 0 aliphatic carbocycles. The Balaban J connectivity index is 1.49. The van der Waals surface area contributed by atoms with Gasteiger partial charge in [0.25, 0.3) is 5.91 Å². The third-order valence-electron chi connectivity index (χ3n) is 6.67. The Morgan fingerprint density at radius 1 is 0.969 bits per heavy atom. The van der Waals surface area contributed by atoms with Crippen molar-refractivity contribution in [3.8, 4) is 0 Å². The number of carbonyl (C=O) groups excluding carboxylic acids is 2. The van der Waals surface area contributed by atoms with Gasteiger partial charge in [-0.1, -0.05) is 42.0 Å². The molecule has 164 valence electrons. The minimum Gasteiger partial charge on any atom is -0.302 e. The van der Waals surface area contributed by atoms with Crippen LogP contribution in [-0.2, 0) is 11.3 Å². The van der Waals surface area contributed by atoms with Crippen LogP contribution in [0.1, 0.15) is 29.2 Å². The summed E-state index contributed by atoms with van der Waals surface area (Å²) in [4.78, 5) is 38.4. The standard InChI is InChI=1S/C25H27N5O2/c1-15-9-11-19(12-10-15)14-29-23(31)21-22(27(5)25(29)32)26-24-28(21)13-17(3)30(24)20-8-6-7-16(2)18(20)4/h6-13,21-22H,14H2,1-5H3. The van der Waals surface area contributed by atoms with Crippen LogP contribution < -0.4 is 4.90 Å². The van der Waals surface area contributed by atoms with Gasteiger partial charge in [-0.25, -0.2) is 9.79 Å². The van der Waals surface area contributed by atoms with Crippen LogP contribution in [-0.4, -0.2) is 51.9 Å². The third-order valence-corrected chi connectivity index (χ3v) is 6.67. The van der Waals surface area contributed by atoms with Crippen LogP contribution in [0.4, 0.5) is 10.5 Å². The Kier molecular flexibility index (Phi) is 4.58. The van der Waals surface area contributed by atoms with E-state index in [0.29, 0.717) is 5.96 Å². The summed E-state index contributed by atoms with van der Waals surface area (Å²) < 4.78 is 0. The number of hydrogen-bond acceptors (Lipinski definition) is 5. The first-order valence-corrected chi connectivity index (χ1v) is 10.8. The van der Waals surface area contributed by atoms with Crippen LogP contribution in [0.15, 0.2) is 59.4 Å². The van der Waals surface area contributed by atoms with E-state index in [4.69, 9.17) is 4.99 Å². The molecule has 0 N–H and O–H groups in total. The van der Waals surface area contributed by atoms with Crippen LogP contribution in [0, 0.1) is 20.8 Å². The smallest absolute Gasteiger partial charge is 0.302 e. The maximum Gasteiger partial charge on any atom is 0.328 e. The van der Waals surface area contributed by atoms with Gasteiger partial charge in [0.05, 0.1) is 12.2 Å². The van der Waals surface area contributed by atoms with Crippen LogP contribution in [0.2, 0.25) is 0 Å². The number of benzene rings is 2. The molecule has 3 aliphatic rings. The number of rotatable bonds is 3. The zero-order valence-electron chi connectivity index (χ0n) is 19.0. The van der Waals surface area contributed by atoms with Gasteiger partial charge in [0.2, 0.25) is 5.96 Å². The number of likely N-dealkylation sites (N-methyl/N-ethyl adjacent to an activating group) is 1. The molecular weight excluding hydrogens is 402 g/mol. The lowest BCUT2D eigenvalue weighted by molar-refractivity contribution is -0.137. The summed E-state index contributed by atoms with van der Waals surface area (Å²) in [5.41, 5.74) is 6.45. The molecule has 1 fully saturated rings. The molecule has 3 aliphatic heterocycles. The molecule has 2 aromatic carbocycles. The second-order valence-corrected chi connectivity index (χ2v) is 8.82. The topological polar surface area (TPSA) is 59.5 Å². The number of hydrogen-bond donors (Lipinski definition) is 0. The fraction of sp³-hybridized carbons (Fsp3) is 0.320. The molecule has 3 amide bonds. The van der Waals surface area contributed by atoms with Gasteiger partial charge in [0, 0.05) is 18.9 Å². The Labute approximate surface area is 188 Å². The van der Waals surface area contributed by atoms with Crippen molar-refractivity contribution in [1.82, 2.24) is 14.7 Å². The minimum atomic E-state index is -0.566. The molecule has 0 radical (unpaired) electrons. The van der Waals surface area contributed by atoms with E-state index in [1.54, 1.807) is 11.9 Å². The number of amides is 3. The van der Waals surface area contributed by atoms with E-state index in [0.717, 1.165) is 28.1 Å². The summed E-state index contributed by atoms with van der Waals surface area (Å²) in [6.07, 6.45) is 1.42. The third kappa shape index (κ3) is 2.92. The molecule has 32 heavy (non-hydrogen) atoms. The molecule has 0 bridgehead atoms. The Hall–Kier alpha value is -3.61. The van der Waals surface area contributed by atoms with Crippen LogP contribution in [0.25, 0.3) is 0 Å². The van der Waals surface area contributed by atoms with Gasteiger partial charge in [-0.05, 0) is 50.5 Å². The van der Waals surface area contributed by atoms with Crippen molar-refractivity contribution < 1.29 is 9.59 Å². The molecule has 0 saturated carbocycles. The number of guanidine groups is 1. The van der Waals surface area contributed by atoms with Crippen molar-refractivity contribution in [2.24, 2.45) is 4.99 Å². The van der Waals surface area contributed by atoms with E-state index in [9.17, 15) is 9.59 Å². The normalized spacial score (nSPS) is 22.3. The van der Waals surface area contributed by atoms with Crippen LogP contribution in [0.5, 0.6) is 0 Å². The van der Waals surface area contributed by atoms with Gasteiger partial charge in [0.1, 0.15) is 0 Å². The number of aliphatic imine (C=N–C) groups is 1. The second kappa shape index (κ2) is 7.22. The van der Waals surface area contributed by atoms with E-state index >= 15 is 0 Å². The van der Waals surface area contributed by atoms with Crippen molar-refractivity contribution >= 4 is 23.6 Å². The molecule has 3 heterocycles. The van der Waals surface area contributed by atoms with Gasteiger partial charge >= 0.3 is 6.03 Å². The van der Waals surface area contributed by atoms with Crippen molar-refractivity contribution in [3.05, 3.63) is 76.6 Å². The van der Waals surface area contributed by atoms with E-state index in [2.05, 4.69) is 30.9 Å². The lowest BCUT2D eigenvalue weighted by atomic mass is 10.1. The zero-order valence-corrected chi connectivity index (χ0v) is 19.0. The SMILES string of the molecule is CC1=CN2C(=NC3C2C(=O)N(Cc2ccc(C)cc2)C(=O)N3C)N1c1cccc(C)c1C. The Morgan fingerprint density at radius 3 is 2.41 bits per heavy atom. The molecule has 7 nitrogen and oxygen atoms in total. The summed E-state index contributed by atoms with van der Waals surface area (Å²) in [7, 11) is 1.72. The highest BCUT2D eigenvalue weighted by Gasteiger charge is 2.54. The predicted molar refractivity (Wildman–Crippen MR) is 124 cm³/mol. The number of nitrogens with zero attached hydrogens (tertiary/aromatic N) is 5. The highest BCUT2D eigenvalue weighted by atomic mass is 16.2. The van der Waals surface area contributed by atoms with Crippen molar-refractivity contribution in [2.75, 3.05) is 11.9 Å². The molecule has 5 rings (SSSR count). The summed E-state index contributed by atoms with van der Waals surface area (Å²) in [5.74, 6) is 0.473. The first-order valence-electron chi connectivity index (χ1n) is 10.8. The number of carbonyl (C=O) groups is 2. The van der Waals surface area contributed by atoms with Crippen LogP contribution >= 0.6 is 0 Å². The summed E-state index contributed by atoms with van der Waals surface area (Å²) in [6, 6.07) is 13.2. The number of imide groups is 1. The molecular formula is C25H27N5O2. The highest BCUT2D eigenvalue weighted by molar-refractivity contribution is 6.10. The number of urea groups is 1. The summed E-state index contributed by atoms with van der Waals surface area (Å²) in [6.45, 7) is 8.45. The van der Waals surface area contributed by atoms with Gasteiger partial charge < -0.3 is 9.80 Å². The molecule has 1 saturated heterocycles. The molecule has 2 aromatic rings. The Bertz CT molecular complexity index is 1180. The number of aryl methyl sites for hydroxylation is 2. The van der Waals surface area contributed by atoms with E-state index in [1.165, 1.54) is 10.5 Å².